The highest BCUT2D eigenvalue weighted by Crippen LogP contribution is 1.93. The minimum Gasteiger partial charge on any atom is -0.396 e. The van der Waals surface area contributed by atoms with Gasteiger partial charge >= 0.3 is 0 Å². The number of nitrogen functional groups attached to an aromatic ring is 1. The van der Waals surface area contributed by atoms with Crippen LogP contribution in [0.15, 0.2) is 16.9 Å². The maximum absolute atomic E-state index is 11.1. The van der Waals surface area contributed by atoms with Crippen LogP contribution in [0.5, 0.6) is 0 Å². The standard InChI is InChI=1S/C8H13N3O2/c9-7-3-4-8(13)11(10-7)5-1-2-6-12/h3-4,12H,1-2,5-6H2,(H2,9,10). The average Bonchev–Trinajstić information content (AvgIpc) is 2.11. The largest absolute Gasteiger partial charge is 0.396 e. The molecule has 0 spiro atoms. The molecular formula is C8H13N3O2. The summed E-state index contributed by atoms with van der Waals surface area (Å²) < 4.78 is 1.31. The van der Waals surface area contributed by atoms with E-state index in [0.29, 0.717) is 18.8 Å². The van der Waals surface area contributed by atoms with Crippen LogP contribution in [0.2, 0.25) is 0 Å². The number of anilines is 1. The van der Waals surface area contributed by atoms with Gasteiger partial charge < -0.3 is 10.8 Å². The van der Waals surface area contributed by atoms with Gasteiger partial charge in [0.1, 0.15) is 5.82 Å². The number of hydrogen-bond donors (Lipinski definition) is 2. The molecule has 3 N–H and O–H groups in total. The van der Waals surface area contributed by atoms with Gasteiger partial charge in [0.25, 0.3) is 5.56 Å². The Hall–Kier alpha value is -1.36. The Labute approximate surface area is 75.8 Å². The molecule has 0 radical (unpaired) electrons. The van der Waals surface area contributed by atoms with Crippen molar-refractivity contribution in [3.05, 3.63) is 22.5 Å². The third kappa shape index (κ3) is 2.87. The van der Waals surface area contributed by atoms with Gasteiger partial charge in [-0.25, -0.2) is 4.68 Å². The molecule has 0 unspecified atom stereocenters. The van der Waals surface area contributed by atoms with Crippen molar-refractivity contribution in [3.8, 4) is 0 Å². The number of aromatic nitrogens is 2. The van der Waals surface area contributed by atoms with E-state index in [1.165, 1.54) is 16.8 Å². The lowest BCUT2D eigenvalue weighted by Crippen LogP contribution is -2.22. The summed E-state index contributed by atoms with van der Waals surface area (Å²) in [4.78, 5) is 11.1. The number of aliphatic hydroxyl groups is 1. The van der Waals surface area contributed by atoms with Gasteiger partial charge in [-0.15, -0.1) is 0 Å². The van der Waals surface area contributed by atoms with E-state index in [0.717, 1.165) is 6.42 Å². The second-order valence-corrected chi connectivity index (χ2v) is 2.75. The minimum absolute atomic E-state index is 0.136. The maximum atomic E-state index is 11.1. The molecule has 0 saturated heterocycles. The molecule has 5 nitrogen and oxygen atoms in total. The molecule has 5 heteroatoms. The molecule has 0 aromatic carbocycles. The Kier molecular flexibility index (Phi) is 3.45. The van der Waals surface area contributed by atoms with Crippen LogP contribution in [0.3, 0.4) is 0 Å². The van der Waals surface area contributed by atoms with Crippen molar-refractivity contribution in [2.45, 2.75) is 19.4 Å². The van der Waals surface area contributed by atoms with Crippen molar-refractivity contribution in [2.75, 3.05) is 12.3 Å². The van der Waals surface area contributed by atoms with Gasteiger partial charge in [0.15, 0.2) is 0 Å². The number of nitrogens with zero attached hydrogens (tertiary/aromatic N) is 2. The van der Waals surface area contributed by atoms with Crippen LogP contribution < -0.4 is 11.3 Å². The lowest BCUT2D eigenvalue weighted by Gasteiger charge is -2.03. The Bertz CT molecular complexity index is 321. The zero-order valence-corrected chi connectivity index (χ0v) is 7.31. The van der Waals surface area contributed by atoms with Crippen LogP contribution >= 0.6 is 0 Å². The van der Waals surface area contributed by atoms with Crippen LogP contribution in [0.1, 0.15) is 12.8 Å². The predicted octanol–water partition coefficient (Wildman–Crippen LogP) is -0.402. The summed E-state index contributed by atoms with van der Waals surface area (Å²) >= 11 is 0. The molecule has 72 valence electrons. The van der Waals surface area contributed by atoms with E-state index >= 15 is 0 Å². The van der Waals surface area contributed by atoms with Gasteiger partial charge in [-0.2, -0.15) is 5.10 Å². The Morgan fingerprint density at radius 3 is 2.92 bits per heavy atom. The van der Waals surface area contributed by atoms with Gasteiger partial charge in [0.05, 0.1) is 0 Å². The average molecular weight is 183 g/mol. The number of unbranched alkanes of at least 4 members (excludes halogenated alkanes) is 1. The van der Waals surface area contributed by atoms with Crippen molar-refractivity contribution in [1.82, 2.24) is 9.78 Å². The maximum Gasteiger partial charge on any atom is 0.266 e. The highest BCUT2D eigenvalue weighted by Gasteiger charge is 1.96. The molecule has 1 rings (SSSR count). The number of nitrogens with two attached hydrogens (primary N) is 1. The summed E-state index contributed by atoms with van der Waals surface area (Å²) in [6, 6.07) is 2.87. The highest BCUT2D eigenvalue weighted by atomic mass is 16.2. The number of rotatable bonds is 4. The van der Waals surface area contributed by atoms with Crippen LogP contribution in [-0.4, -0.2) is 21.5 Å². The van der Waals surface area contributed by atoms with Crippen LogP contribution in [0, 0.1) is 0 Å². The molecule has 0 aliphatic rings. The lowest BCUT2D eigenvalue weighted by molar-refractivity contribution is 0.279. The van der Waals surface area contributed by atoms with Gasteiger partial charge in [0, 0.05) is 19.2 Å². The molecule has 0 bridgehead atoms. The van der Waals surface area contributed by atoms with Crippen LogP contribution in [0.25, 0.3) is 0 Å². The molecule has 1 aromatic heterocycles. The smallest absolute Gasteiger partial charge is 0.266 e. The molecule has 0 aliphatic carbocycles. The fourth-order valence-electron chi connectivity index (χ4n) is 0.998. The second kappa shape index (κ2) is 4.61. The molecule has 0 aliphatic heterocycles. The number of hydrogen-bond acceptors (Lipinski definition) is 4. The Balaban J connectivity index is 2.65. The highest BCUT2D eigenvalue weighted by molar-refractivity contribution is 5.23. The first-order chi connectivity index (χ1) is 6.24. The summed E-state index contributed by atoms with van der Waals surface area (Å²) in [7, 11) is 0. The molecule has 1 aromatic rings. The molecule has 13 heavy (non-hydrogen) atoms. The minimum atomic E-state index is -0.160. The number of aryl methyl sites for hydroxylation is 1. The molecular weight excluding hydrogens is 170 g/mol. The predicted molar refractivity (Wildman–Crippen MR) is 49.2 cm³/mol. The lowest BCUT2D eigenvalue weighted by atomic mass is 10.3. The second-order valence-electron chi connectivity index (χ2n) is 2.75. The normalized spacial score (nSPS) is 10.2. The Morgan fingerprint density at radius 1 is 1.46 bits per heavy atom. The van der Waals surface area contributed by atoms with Gasteiger partial charge in [-0.1, -0.05) is 0 Å². The van der Waals surface area contributed by atoms with E-state index < -0.39 is 0 Å². The molecule has 0 atom stereocenters. The van der Waals surface area contributed by atoms with E-state index in [1.54, 1.807) is 0 Å². The summed E-state index contributed by atoms with van der Waals surface area (Å²) in [6.07, 6.45) is 1.40. The van der Waals surface area contributed by atoms with Crippen LogP contribution in [0.4, 0.5) is 5.82 Å². The zero-order valence-electron chi connectivity index (χ0n) is 7.31. The van der Waals surface area contributed by atoms with Gasteiger partial charge in [-0.3, -0.25) is 4.79 Å². The van der Waals surface area contributed by atoms with Crippen molar-refractivity contribution < 1.29 is 5.11 Å². The first kappa shape index (κ1) is 9.73. The first-order valence-corrected chi connectivity index (χ1v) is 4.18. The van der Waals surface area contributed by atoms with E-state index in [9.17, 15) is 4.79 Å². The van der Waals surface area contributed by atoms with Gasteiger partial charge in [-0.05, 0) is 18.9 Å². The van der Waals surface area contributed by atoms with E-state index in [2.05, 4.69) is 5.10 Å². The van der Waals surface area contributed by atoms with Crippen molar-refractivity contribution in [2.24, 2.45) is 0 Å². The van der Waals surface area contributed by atoms with E-state index in [1.807, 2.05) is 0 Å². The quantitative estimate of drug-likeness (QED) is 0.622. The van der Waals surface area contributed by atoms with Crippen molar-refractivity contribution >= 4 is 5.82 Å². The molecule has 1 heterocycles. The molecule has 0 fully saturated rings. The van der Waals surface area contributed by atoms with Gasteiger partial charge in [0.2, 0.25) is 0 Å². The molecule has 0 amide bonds. The topological polar surface area (TPSA) is 81.1 Å². The fraction of sp³-hybridized carbons (Fsp3) is 0.500. The van der Waals surface area contributed by atoms with Crippen molar-refractivity contribution in [3.63, 3.8) is 0 Å². The summed E-state index contributed by atoms with van der Waals surface area (Å²) in [5.41, 5.74) is 5.25. The summed E-state index contributed by atoms with van der Waals surface area (Å²) in [6.45, 7) is 0.640. The summed E-state index contributed by atoms with van der Waals surface area (Å²) in [5.74, 6) is 0.337. The van der Waals surface area contributed by atoms with Crippen molar-refractivity contribution in [1.29, 1.82) is 0 Å². The molecule has 0 saturated carbocycles. The SMILES string of the molecule is Nc1ccc(=O)n(CCCCO)n1. The first-order valence-electron chi connectivity index (χ1n) is 4.18. The monoisotopic (exact) mass is 183 g/mol. The Morgan fingerprint density at radius 2 is 2.23 bits per heavy atom. The summed E-state index contributed by atoms with van der Waals surface area (Å²) in [5, 5.41) is 12.4. The third-order valence-corrected chi connectivity index (χ3v) is 1.67. The zero-order chi connectivity index (χ0) is 9.68. The van der Waals surface area contributed by atoms with Crippen LogP contribution in [-0.2, 0) is 6.54 Å². The number of aliphatic hydroxyl groups excluding tert-OH is 1. The third-order valence-electron chi connectivity index (χ3n) is 1.67. The van der Waals surface area contributed by atoms with E-state index in [-0.39, 0.29) is 12.2 Å². The van der Waals surface area contributed by atoms with E-state index in [4.69, 9.17) is 10.8 Å². The fourth-order valence-corrected chi connectivity index (χ4v) is 0.998.